The number of fused-ring (bicyclic) bond motifs is 2. The van der Waals surface area contributed by atoms with E-state index in [4.69, 9.17) is 0 Å². The van der Waals surface area contributed by atoms with Crippen LogP contribution in [-0.4, -0.2) is 25.3 Å². The Morgan fingerprint density at radius 2 is 1.90 bits per heavy atom. The van der Waals surface area contributed by atoms with Crippen LogP contribution in [-0.2, 0) is 19.4 Å². The number of rotatable bonds is 4. The fourth-order valence-corrected chi connectivity index (χ4v) is 3.83. The largest absolute Gasteiger partial charge is 0.328 e. The molecule has 6 heteroatoms. The lowest BCUT2D eigenvalue weighted by Gasteiger charge is -2.16. The van der Waals surface area contributed by atoms with Crippen LogP contribution in [0, 0.1) is 5.82 Å². The van der Waals surface area contributed by atoms with E-state index in [2.05, 4.69) is 25.6 Å². The van der Waals surface area contributed by atoms with E-state index in [9.17, 15) is 9.18 Å². The monoisotopic (exact) mass is 386 g/mol. The molecule has 0 amide bonds. The van der Waals surface area contributed by atoms with E-state index < -0.39 is 0 Å². The smallest absolute Gasteiger partial charge is 0.170 e. The van der Waals surface area contributed by atoms with Crippen LogP contribution in [0.1, 0.15) is 34.8 Å². The number of ketones is 1. The van der Waals surface area contributed by atoms with Crippen molar-refractivity contribution in [2.45, 2.75) is 32.2 Å². The second-order valence-corrected chi connectivity index (χ2v) is 7.34. The number of nitrogens with zero attached hydrogens (tertiary/aromatic N) is 4. The Balaban J connectivity index is 1.46. The maximum absolute atomic E-state index is 13.1. The van der Waals surface area contributed by atoms with Crippen molar-refractivity contribution in [3.63, 3.8) is 0 Å². The third kappa shape index (κ3) is 3.42. The summed E-state index contributed by atoms with van der Waals surface area (Å²) in [6.45, 7) is 0.990. The van der Waals surface area contributed by atoms with Crippen LogP contribution >= 0.6 is 0 Å². The minimum Gasteiger partial charge on any atom is -0.328 e. The van der Waals surface area contributed by atoms with Crippen LogP contribution in [0.25, 0.3) is 22.2 Å². The van der Waals surface area contributed by atoms with Gasteiger partial charge in [0.2, 0.25) is 0 Å². The zero-order valence-corrected chi connectivity index (χ0v) is 15.8. The van der Waals surface area contributed by atoms with Crippen molar-refractivity contribution in [3.05, 3.63) is 77.9 Å². The topological polar surface area (TPSA) is 60.7 Å². The summed E-state index contributed by atoms with van der Waals surface area (Å²) >= 11 is 0. The van der Waals surface area contributed by atoms with E-state index in [-0.39, 0.29) is 18.0 Å². The Morgan fingerprint density at radius 1 is 1.03 bits per heavy atom. The predicted molar refractivity (Wildman–Crippen MR) is 108 cm³/mol. The van der Waals surface area contributed by atoms with E-state index in [0.29, 0.717) is 11.4 Å². The zero-order valence-electron chi connectivity index (χ0n) is 15.8. The molecule has 0 atom stereocenters. The molecular weight excluding hydrogens is 367 g/mol. The highest BCUT2D eigenvalue weighted by Gasteiger charge is 2.16. The van der Waals surface area contributed by atoms with Crippen molar-refractivity contribution in [3.8, 4) is 11.3 Å². The number of carbonyl (C=O) groups excluding carboxylic acids is 1. The van der Waals surface area contributed by atoms with Crippen molar-refractivity contribution in [1.82, 2.24) is 19.5 Å². The summed E-state index contributed by atoms with van der Waals surface area (Å²) in [7, 11) is 0. The van der Waals surface area contributed by atoms with E-state index in [1.165, 1.54) is 37.1 Å². The number of halogens is 1. The van der Waals surface area contributed by atoms with Crippen molar-refractivity contribution < 1.29 is 9.18 Å². The van der Waals surface area contributed by atoms with Crippen molar-refractivity contribution in [1.29, 1.82) is 0 Å². The first-order valence-electron chi connectivity index (χ1n) is 9.76. The van der Waals surface area contributed by atoms with E-state index in [0.717, 1.165) is 41.0 Å². The summed E-state index contributed by atoms with van der Waals surface area (Å²) in [6.07, 6.45) is 7.13. The number of aryl methyl sites for hydroxylation is 1. The predicted octanol–water partition coefficient (Wildman–Crippen LogP) is 4.39. The second kappa shape index (κ2) is 7.20. The van der Waals surface area contributed by atoms with Crippen molar-refractivity contribution in [2.24, 2.45) is 0 Å². The summed E-state index contributed by atoms with van der Waals surface area (Å²) in [5.74, 6) is 1.10. The zero-order chi connectivity index (χ0) is 19.8. The van der Waals surface area contributed by atoms with Crippen molar-refractivity contribution >= 4 is 16.7 Å². The molecule has 0 fully saturated rings. The van der Waals surface area contributed by atoms with Gasteiger partial charge >= 0.3 is 0 Å². The molecule has 0 spiro atoms. The lowest BCUT2D eigenvalue weighted by molar-refractivity contribution is 0.0991. The summed E-state index contributed by atoms with van der Waals surface area (Å²) in [4.78, 5) is 26.0. The molecule has 0 saturated heterocycles. The van der Waals surface area contributed by atoms with Crippen LogP contribution in [0.2, 0.25) is 0 Å². The van der Waals surface area contributed by atoms with Crippen LogP contribution in [0.15, 0.2) is 54.9 Å². The molecule has 5 rings (SSSR count). The molecule has 0 unspecified atom stereocenters. The average Bonchev–Trinajstić information content (AvgIpc) is 3.18. The summed E-state index contributed by atoms with van der Waals surface area (Å²) in [5, 5.41) is 0.921. The molecule has 1 aliphatic rings. The quantitative estimate of drug-likeness (QED) is 0.488. The van der Waals surface area contributed by atoms with Gasteiger partial charge < -0.3 is 4.57 Å². The molecule has 1 aliphatic heterocycles. The fourth-order valence-electron chi connectivity index (χ4n) is 3.83. The Morgan fingerprint density at radius 3 is 2.76 bits per heavy atom. The lowest BCUT2D eigenvalue weighted by Crippen LogP contribution is -2.11. The molecule has 2 aromatic heterocycles. The van der Waals surface area contributed by atoms with Crippen molar-refractivity contribution in [2.75, 3.05) is 0 Å². The molecule has 0 saturated carbocycles. The highest BCUT2D eigenvalue weighted by atomic mass is 19.1. The number of imidazole rings is 1. The van der Waals surface area contributed by atoms with Gasteiger partial charge in [-0.15, -0.1) is 0 Å². The van der Waals surface area contributed by atoms with Gasteiger partial charge in [0.05, 0.1) is 23.8 Å². The molecule has 0 N–H and O–H groups in total. The SMILES string of the molecule is O=C(Cc1ncc2ccc(-c3cnc4n3CCCC4)cc2n1)c1ccc(F)cc1. The Labute approximate surface area is 167 Å². The minimum atomic E-state index is -0.363. The maximum atomic E-state index is 13.1. The normalized spacial score (nSPS) is 13.4. The number of hydrogen-bond donors (Lipinski definition) is 0. The van der Waals surface area contributed by atoms with Gasteiger partial charge in [0.1, 0.15) is 17.5 Å². The van der Waals surface area contributed by atoms with Gasteiger partial charge in [-0.05, 0) is 43.2 Å². The maximum Gasteiger partial charge on any atom is 0.170 e. The molecule has 3 heterocycles. The van der Waals surface area contributed by atoms with E-state index in [1.807, 2.05) is 18.3 Å². The third-order valence-electron chi connectivity index (χ3n) is 5.38. The van der Waals surface area contributed by atoms with Gasteiger partial charge in [-0.3, -0.25) is 4.79 Å². The van der Waals surface area contributed by atoms with Gasteiger partial charge in [-0.1, -0.05) is 12.1 Å². The Hall–Kier alpha value is -3.41. The second-order valence-electron chi connectivity index (χ2n) is 7.34. The molecule has 5 nitrogen and oxygen atoms in total. The summed E-state index contributed by atoms with van der Waals surface area (Å²) < 4.78 is 15.4. The first kappa shape index (κ1) is 17.7. The molecule has 0 bridgehead atoms. The van der Waals surface area contributed by atoms with Gasteiger partial charge in [0.25, 0.3) is 0 Å². The summed E-state index contributed by atoms with van der Waals surface area (Å²) in [5.41, 5.74) is 3.41. The molecule has 2 aromatic carbocycles. The van der Waals surface area contributed by atoms with Gasteiger partial charge in [-0.2, -0.15) is 0 Å². The first-order valence-corrected chi connectivity index (χ1v) is 9.76. The fraction of sp³-hybridized carbons (Fsp3) is 0.217. The highest BCUT2D eigenvalue weighted by Crippen LogP contribution is 2.27. The van der Waals surface area contributed by atoms with Gasteiger partial charge in [-0.25, -0.2) is 19.3 Å². The number of Topliss-reactive ketones (excluding diaryl/α,β-unsaturated/α-hetero) is 1. The number of aromatic nitrogens is 4. The van der Waals surface area contributed by atoms with Crippen LogP contribution in [0.4, 0.5) is 4.39 Å². The molecule has 0 aliphatic carbocycles. The van der Waals surface area contributed by atoms with Gasteiger partial charge in [0, 0.05) is 35.7 Å². The van der Waals surface area contributed by atoms with E-state index in [1.54, 1.807) is 6.20 Å². The molecule has 29 heavy (non-hydrogen) atoms. The standard InChI is InChI=1S/C23H19FN4O/c24-18-8-6-15(7-9-18)21(29)12-22-25-13-17-5-4-16(11-19(17)27-22)20-14-26-23-3-1-2-10-28(20)23/h4-9,11,13-14H,1-3,10,12H2. The minimum absolute atomic E-state index is 0.0773. The van der Waals surface area contributed by atoms with E-state index >= 15 is 0 Å². The molecule has 144 valence electrons. The summed E-state index contributed by atoms with van der Waals surface area (Å²) in [6, 6.07) is 11.6. The van der Waals surface area contributed by atoms with Crippen LogP contribution in [0.3, 0.4) is 0 Å². The Bertz CT molecular complexity index is 1210. The average molecular weight is 386 g/mol. The third-order valence-corrected chi connectivity index (χ3v) is 5.38. The van der Waals surface area contributed by atoms with Gasteiger partial charge in [0.15, 0.2) is 5.78 Å². The highest BCUT2D eigenvalue weighted by molar-refractivity contribution is 5.97. The molecular formula is C23H19FN4O. The number of hydrogen-bond acceptors (Lipinski definition) is 4. The Kier molecular flexibility index (Phi) is 4.39. The number of benzene rings is 2. The molecule has 4 aromatic rings. The van der Waals surface area contributed by atoms with Crippen LogP contribution < -0.4 is 0 Å². The van der Waals surface area contributed by atoms with Crippen LogP contribution in [0.5, 0.6) is 0 Å². The molecule has 0 radical (unpaired) electrons. The number of carbonyl (C=O) groups is 1. The lowest BCUT2D eigenvalue weighted by atomic mass is 10.1. The first-order chi connectivity index (χ1) is 14.2.